The second kappa shape index (κ2) is 8.60. The van der Waals surface area contributed by atoms with Gasteiger partial charge in [0, 0.05) is 23.4 Å². The number of benzene rings is 1. The highest BCUT2D eigenvalue weighted by Gasteiger charge is 2.42. The van der Waals surface area contributed by atoms with Crippen molar-refractivity contribution in [1.29, 1.82) is 0 Å². The molecular weight excluding hydrogens is 461 g/mol. The molecule has 3 fully saturated rings. The van der Waals surface area contributed by atoms with Crippen molar-refractivity contribution in [1.82, 2.24) is 14.5 Å². The SMILES string of the molecule is Cc1nc(NC(O)c2cccc(C(F)(F)CO)c2F)c2cn(C34CCC(CC3)CC4)c(=O)cc2n1. The van der Waals surface area contributed by atoms with Crippen LogP contribution in [-0.2, 0) is 11.5 Å². The fraction of sp³-hybridized carbons (Fsp3) is 0.480. The maximum atomic E-state index is 14.9. The van der Waals surface area contributed by atoms with Gasteiger partial charge in [-0.2, -0.15) is 8.78 Å². The zero-order valence-electron chi connectivity index (χ0n) is 19.3. The summed E-state index contributed by atoms with van der Waals surface area (Å²) in [4.78, 5) is 21.8. The number of nitrogens with one attached hydrogen (secondary N) is 1. The van der Waals surface area contributed by atoms with Gasteiger partial charge in [0.25, 0.3) is 11.5 Å². The highest BCUT2D eigenvalue weighted by molar-refractivity contribution is 5.88. The lowest BCUT2D eigenvalue weighted by atomic mass is 9.65. The monoisotopic (exact) mass is 488 g/mol. The first-order chi connectivity index (χ1) is 16.6. The Morgan fingerprint density at radius 2 is 1.91 bits per heavy atom. The average molecular weight is 489 g/mol. The maximum Gasteiger partial charge on any atom is 0.298 e. The Morgan fingerprint density at radius 1 is 1.23 bits per heavy atom. The van der Waals surface area contributed by atoms with Crippen LogP contribution >= 0.6 is 0 Å². The van der Waals surface area contributed by atoms with Gasteiger partial charge >= 0.3 is 0 Å². The fourth-order valence-corrected chi connectivity index (χ4v) is 5.62. The van der Waals surface area contributed by atoms with Crippen molar-refractivity contribution < 1.29 is 23.4 Å². The van der Waals surface area contributed by atoms with Gasteiger partial charge in [-0.05, 0) is 57.4 Å². The molecule has 1 unspecified atom stereocenters. The molecule has 3 aliphatic rings. The third kappa shape index (κ3) is 4.08. The zero-order valence-corrected chi connectivity index (χ0v) is 19.3. The Balaban J connectivity index is 1.56. The van der Waals surface area contributed by atoms with Gasteiger partial charge in [0.1, 0.15) is 24.1 Å². The van der Waals surface area contributed by atoms with Crippen LogP contribution in [0.4, 0.5) is 19.0 Å². The second-order valence-corrected chi connectivity index (χ2v) is 9.72. The molecule has 3 aliphatic carbocycles. The summed E-state index contributed by atoms with van der Waals surface area (Å²) in [6.45, 7) is 0.0549. The van der Waals surface area contributed by atoms with Crippen LogP contribution in [0.15, 0.2) is 35.3 Å². The van der Waals surface area contributed by atoms with Gasteiger partial charge in [-0.1, -0.05) is 12.1 Å². The minimum absolute atomic E-state index is 0.160. The number of aliphatic hydroxyl groups excluding tert-OH is 2. The minimum Gasteiger partial charge on any atom is -0.390 e. The lowest BCUT2D eigenvalue weighted by molar-refractivity contribution is -0.0585. The van der Waals surface area contributed by atoms with Crippen LogP contribution in [0.3, 0.4) is 0 Å². The molecule has 35 heavy (non-hydrogen) atoms. The summed E-state index contributed by atoms with van der Waals surface area (Å²) in [5.41, 5.74) is -1.49. The topological polar surface area (TPSA) is 100 Å². The Kier molecular flexibility index (Phi) is 5.83. The van der Waals surface area contributed by atoms with Crippen LogP contribution in [0.1, 0.15) is 61.7 Å². The van der Waals surface area contributed by atoms with Crippen LogP contribution in [0.5, 0.6) is 0 Å². The van der Waals surface area contributed by atoms with Gasteiger partial charge in [0.05, 0.1) is 16.5 Å². The van der Waals surface area contributed by atoms with E-state index in [1.165, 1.54) is 18.2 Å². The van der Waals surface area contributed by atoms with Crippen molar-refractivity contribution >= 4 is 16.7 Å². The molecule has 1 aromatic carbocycles. The summed E-state index contributed by atoms with van der Waals surface area (Å²) < 4.78 is 44.6. The molecule has 0 saturated heterocycles. The van der Waals surface area contributed by atoms with Crippen molar-refractivity contribution in [2.75, 3.05) is 11.9 Å². The number of hydrogen-bond donors (Lipinski definition) is 3. The van der Waals surface area contributed by atoms with Crippen LogP contribution in [0.25, 0.3) is 10.9 Å². The van der Waals surface area contributed by atoms with Gasteiger partial charge < -0.3 is 20.1 Å². The minimum atomic E-state index is -3.80. The van der Waals surface area contributed by atoms with E-state index in [1.807, 2.05) is 0 Å². The number of nitrogens with zero attached hydrogens (tertiary/aromatic N) is 3. The number of alkyl halides is 2. The summed E-state index contributed by atoms with van der Waals surface area (Å²) >= 11 is 0. The standard InChI is InChI=1S/C25H27F3N4O3/c1-14-29-19-11-20(34)32(24-8-5-15(6-9-24)7-10-24)12-17(19)22(30-14)31-23(35)16-3-2-4-18(21(16)26)25(27,28)13-33/h2-4,11-12,15,23,33,35H,5-10,13H2,1H3,(H,29,30,31). The molecule has 2 aromatic heterocycles. The van der Waals surface area contributed by atoms with Gasteiger partial charge in [0.2, 0.25) is 0 Å². The third-order valence-corrected chi connectivity index (χ3v) is 7.60. The molecule has 2 bridgehead atoms. The summed E-state index contributed by atoms with van der Waals surface area (Å²) in [5.74, 6) is -3.92. The van der Waals surface area contributed by atoms with Crippen LogP contribution in [-0.4, -0.2) is 31.4 Å². The van der Waals surface area contributed by atoms with E-state index in [4.69, 9.17) is 5.11 Å². The molecule has 3 N–H and O–H groups in total. The highest BCUT2D eigenvalue weighted by atomic mass is 19.3. The van der Waals surface area contributed by atoms with Crippen molar-refractivity contribution in [3.8, 4) is 0 Å². The largest absolute Gasteiger partial charge is 0.390 e. The fourth-order valence-electron chi connectivity index (χ4n) is 5.62. The van der Waals surface area contributed by atoms with Crippen LogP contribution in [0.2, 0.25) is 0 Å². The molecule has 10 heteroatoms. The maximum absolute atomic E-state index is 14.9. The molecule has 0 spiro atoms. The number of rotatable bonds is 6. The Labute approximate surface area is 199 Å². The molecular formula is C25H27F3N4O3. The summed E-state index contributed by atoms with van der Waals surface area (Å²) in [6.07, 6.45) is 5.96. The quantitative estimate of drug-likeness (QED) is 0.452. The molecule has 186 valence electrons. The summed E-state index contributed by atoms with van der Waals surface area (Å²) in [7, 11) is 0. The van der Waals surface area contributed by atoms with Crippen LogP contribution in [0, 0.1) is 18.7 Å². The van der Waals surface area contributed by atoms with Gasteiger partial charge in [-0.3, -0.25) is 4.79 Å². The van der Waals surface area contributed by atoms with Gasteiger partial charge in [-0.25, -0.2) is 14.4 Å². The van der Waals surface area contributed by atoms with E-state index >= 15 is 0 Å². The van der Waals surface area contributed by atoms with E-state index in [-0.39, 0.29) is 16.9 Å². The molecule has 7 nitrogen and oxygen atoms in total. The first-order valence-electron chi connectivity index (χ1n) is 11.8. The van der Waals surface area contributed by atoms with Gasteiger partial charge in [0.15, 0.2) is 6.23 Å². The summed E-state index contributed by atoms with van der Waals surface area (Å²) in [5, 5.41) is 22.9. The average Bonchev–Trinajstić information content (AvgIpc) is 2.84. The molecule has 3 aromatic rings. The molecule has 2 heterocycles. The Morgan fingerprint density at radius 3 is 2.57 bits per heavy atom. The number of halogens is 3. The van der Waals surface area contributed by atoms with E-state index in [1.54, 1.807) is 17.7 Å². The molecule has 0 radical (unpaired) electrons. The lowest BCUT2D eigenvalue weighted by Crippen LogP contribution is -2.47. The van der Waals surface area contributed by atoms with E-state index in [0.717, 1.165) is 50.5 Å². The Hall–Kier alpha value is -2.98. The van der Waals surface area contributed by atoms with Crippen molar-refractivity contribution in [3.63, 3.8) is 0 Å². The van der Waals surface area contributed by atoms with Crippen molar-refractivity contribution in [2.45, 2.75) is 63.1 Å². The number of aliphatic hydroxyl groups is 2. The number of hydrogen-bond acceptors (Lipinski definition) is 6. The van der Waals surface area contributed by atoms with E-state index < -0.39 is 35.7 Å². The second-order valence-electron chi connectivity index (χ2n) is 9.72. The smallest absolute Gasteiger partial charge is 0.298 e. The first kappa shape index (κ1) is 23.7. The normalized spacial score (nSPS) is 23.0. The third-order valence-electron chi connectivity index (χ3n) is 7.60. The summed E-state index contributed by atoms with van der Waals surface area (Å²) in [6, 6.07) is 4.67. The van der Waals surface area contributed by atoms with Crippen LogP contribution < -0.4 is 10.9 Å². The number of pyridine rings is 1. The van der Waals surface area contributed by atoms with E-state index in [2.05, 4.69) is 15.3 Å². The van der Waals surface area contributed by atoms with Crippen molar-refractivity contribution in [2.24, 2.45) is 5.92 Å². The van der Waals surface area contributed by atoms with Crippen molar-refractivity contribution in [3.05, 3.63) is 63.6 Å². The molecule has 0 amide bonds. The number of aryl methyl sites for hydroxylation is 1. The molecule has 1 atom stereocenters. The Bertz CT molecular complexity index is 1320. The number of anilines is 1. The van der Waals surface area contributed by atoms with E-state index in [0.29, 0.717) is 16.7 Å². The van der Waals surface area contributed by atoms with E-state index in [9.17, 15) is 23.1 Å². The molecule has 0 aliphatic heterocycles. The zero-order chi connectivity index (χ0) is 25.0. The molecule has 6 rings (SSSR count). The highest BCUT2D eigenvalue weighted by Crippen LogP contribution is 2.48. The molecule has 3 saturated carbocycles. The predicted octanol–water partition coefficient (Wildman–Crippen LogP) is 4.11. The van der Waals surface area contributed by atoms with Gasteiger partial charge in [-0.15, -0.1) is 0 Å². The lowest BCUT2D eigenvalue weighted by Gasteiger charge is -2.47. The number of aromatic nitrogens is 3. The number of fused-ring (bicyclic) bond motifs is 4. The first-order valence-corrected chi connectivity index (χ1v) is 11.8. The predicted molar refractivity (Wildman–Crippen MR) is 124 cm³/mol.